The van der Waals surface area contributed by atoms with E-state index in [1.54, 1.807) is 26.0 Å². The monoisotopic (exact) mass is 570 g/mol. The van der Waals surface area contributed by atoms with Crippen molar-refractivity contribution < 1.29 is 68.2 Å². The molecule has 10 nitrogen and oxygen atoms in total. The SMILES string of the molecule is CCOc1cc2c(c(F)c1OCC)CN=C2N.CCOc1cc2c(c(F)c1OCC)CN=C2N.Cl.O.[Na+].[OH-]. The number of hydrogen-bond acceptors (Lipinski definition) is 9. The quantitative estimate of drug-likeness (QED) is 0.423. The maximum absolute atomic E-state index is 14.2. The summed E-state index contributed by atoms with van der Waals surface area (Å²) in [6.45, 7) is 9.43. The minimum Gasteiger partial charge on any atom is -0.870 e. The Morgan fingerprint density at radius 3 is 1.32 bits per heavy atom. The largest absolute Gasteiger partial charge is 1.00 e. The Bertz CT molecular complexity index is 1050. The fourth-order valence-corrected chi connectivity index (χ4v) is 3.64. The van der Waals surface area contributed by atoms with Gasteiger partial charge in [-0.25, -0.2) is 8.78 Å². The summed E-state index contributed by atoms with van der Waals surface area (Å²) in [6.07, 6.45) is 0. The average molecular weight is 571 g/mol. The third-order valence-corrected chi connectivity index (χ3v) is 5.12. The predicted octanol–water partition coefficient (Wildman–Crippen LogP) is 0.108. The number of amidine groups is 2. The van der Waals surface area contributed by atoms with E-state index in [4.69, 9.17) is 30.4 Å². The first-order chi connectivity index (χ1) is 16.4. The van der Waals surface area contributed by atoms with Gasteiger partial charge in [0.25, 0.3) is 0 Å². The summed E-state index contributed by atoms with van der Waals surface area (Å²) in [4.78, 5) is 8.02. The summed E-state index contributed by atoms with van der Waals surface area (Å²) in [5, 5.41) is 0. The van der Waals surface area contributed by atoms with Gasteiger partial charge in [-0.1, -0.05) is 0 Å². The summed E-state index contributed by atoms with van der Waals surface area (Å²) >= 11 is 0. The zero-order chi connectivity index (χ0) is 24.8. The molecule has 2 aliphatic heterocycles. The number of fused-ring (bicyclic) bond motifs is 2. The van der Waals surface area contributed by atoms with Gasteiger partial charge >= 0.3 is 29.6 Å². The van der Waals surface area contributed by atoms with Crippen molar-refractivity contribution in [2.45, 2.75) is 40.8 Å². The topological polar surface area (TPSA) is 175 Å². The average Bonchev–Trinajstić information content (AvgIpc) is 3.37. The van der Waals surface area contributed by atoms with Crippen molar-refractivity contribution in [1.82, 2.24) is 0 Å². The first-order valence-electron chi connectivity index (χ1n) is 11.2. The maximum Gasteiger partial charge on any atom is 1.00 e. The molecule has 2 aromatic rings. The molecule has 0 radical (unpaired) electrons. The van der Waals surface area contributed by atoms with E-state index in [2.05, 4.69) is 9.98 Å². The molecule has 2 heterocycles. The predicted molar refractivity (Wildman–Crippen MR) is 139 cm³/mol. The van der Waals surface area contributed by atoms with Crippen LogP contribution in [0.2, 0.25) is 0 Å². The molecule has 0 saturated carbocycles. The number of halogens is 3. The molecular weight excluding hydrogens is 537 g/mol. The minimum atomic E-state index is -0.419. The van der Waals surface area contributed by atoms with Gasteiger partial charge < -0.3 is 41.4 Å². The molecule has 0 bridgehead atoms. The van der Waals surface area contributed by atoms with Gasteiger partial charge in [0.05, 0.1) is 39.5 Å². The van der Waals surface area contributed by atoms with E-state index in [0.29, 0.717) is 71.9 Å². The van der Waals surface area contributed by atoms with Crippen LogP contribution in [0.4, 0.5) is 8.78 Å². The third kappa shape index (κ3) is 7.84. The Hall–Kier alpha value is -2.35. The van der Waals surface area contributed by atoms with Crippen LogP contribution in [0.5, 0.6) is 23.0 Å². The molecule has 0 saturated heterocycles. The van der Waals surface area contributed by atoms with Crippen LogP contribution in [0.25, 0.3) is 0 Å². The number of aliphatic imine (C=N–C) groups is 2. The molecule has 0 amide bonds. The molecule has 2 aliphatic rings. The first-order valence-corrected chi connectivity index (χ1v) is 11.2. The fraction of sp³-hybridized carbons (Fsp3) is 0.417. The number of nitrogens with zero attached hydrogens (tertiary/aromatic N) is 2. The van der Waals surface area contributed by atoms with Crippen LogP contribution in [-0.4, -0.2) is 49.1 Å². The van der Waals surface area contributed by atoms with E-state index < -0.39 is 11.6 Å². The van der Waals surface area contributed by atoms with Gasteiger partial charge in [0, 0.05) is 22.3 Å². The number of hydrogen-bond donors (Lipinski definition) is 2. The molecule has 0 aromatic heterocycles. The van der Waals surface area contributed by atoms with Gasteiger partial charge in [-0.15, -0.1) is 12.4 Å². The van der Waals surface area contributed by atoms with Crippen LogP contribution in [0.3, 0.4) is 0 Å². The van der Waals surface area contributed by atoms with Crippen molar-refractivity contribution in [2.75, 3.05) is 26.4 Å². The van der Waals surface area contributed by atoms with Gasteiger partial charge in [0.1, 0.15) is 11.7 Å². The normalized spacial score (nSPS) is 11.8. The molecule has 208 valence electrons. The molecule has 7 N–H and O–H groups in total. The van der Waals surface area contributed by atoms with Crippen molar-refractivity contribution in [3.05, 3.63) is 46.0 Å². The Kier molecular flexibility index (Phi) is 17.2. The van der Waals surface area contributed by atoms with E-state index in [1.165, 1.54) is 0 Å². The van der Waals surface area contributed by atoms with Crippen molar-refractivity contribution in [3.63, 3.8) is 0 Å². The molecule has 0 unspecified atom stereocenters. The van der Waals surface area contributed by atoms with E-state index >= 15 is 0 Å². The van der Waals surface area contributed by atoms with Gasteiger partial charge in [0.2, 0.25) is 0 Å². The zero-order valence-corrected chi connectivity index (χ0v) is 25.0. The summed E-state index contributed by atoms with van der Waals surface area (Å²) in [5.41, 5.74) is 13.6. The molecule has 0 fully saturated rings. The second-order valence-electron chi connectivity index (χ2n) is 7.22. The van der Waals surface area contributed by atoms with Gasteiger partial charge in [-0.2, -0.15) is 0 Å². The molecule has 0 atom stereocenters. The van der Waals surface area contributed by atoms with Crippen LogP contribution < -0.4 is 60.0 Å². The van der Waals surface area contributed by atoms with E-state index in [9.17, 15) is 8.78 Å². The second kappa shape index (κ2) is 17.3. The van der Waals surface area contributed by atoms with Gasteiger partial charge in [0.15, 0.2) is 34.6 Å². The van der Waals surface area contributed by atoms with Crippen molar-refractivity contribution in [3.8, 4) is 23.0 Å². The van der Waals surface area contributed by atoms with Crippen LogP contribution in [-0.2, 0) is 13.1 Å². The Balaban J connectivity index is 0. The van der Waals surface area contributed by atoms with Crippen molar-refractivity contribution in [1.29, 1.82) is 0 Å². The third-order valence-electron chi connectivity index (χ3n) is 5.12. The number of rotatable bonds is 8. The summed E-state index contributed by atoms with van der Waals surface area (Å²) < 4.78 is 49.7. The van der Waals surface area contributed by atoms with E-state index in [0.717, 1.165) is 0 Å². The molecular formula is C24H34ClF2N4NaO6. The van der Waals surface area contributed by atoms with Gasteiger partial charge in [-0.3, -0.25) is 9.98 Å². The first kappa shape index (κ1) is 37.8. The Morgan fingerprint density at radius 2 is 1.03 bits per heavy atom. The fourth-order valence-electron chi connectivity index (χ4n) is 3.64. The molecule has 38 heavy (non-hydrogen) atoms. The number of nitrogens with two attached hydrogens (primary N) is 2. The summed E-state index contributed by atoms with van der Waals surface area (Å²) in [5.74, 6) is 0.923. The van der Waals surface area contributed by atoms with Crippen LogP contribution in [0.15, 0.2) is 22.1 Å². The van der Waals surface area contributed by atoms with Crippen LogP contribution in [0, 0.1) is 11.6 Å². The number of ether oxygens (including phenoxy) is 4. The standard InChI is InChI=1S/2C12H15FN2O2.ClH.Na.2H2O/c2*1-3-16-9-5-7-8(6-15-12(7)14)10(13)11(9)17-4-2;;;;/h2*5H,3-4,6H2,1-2H3,(H2,14,15);1H;;2*1H2/q;;;+1;;/p-1. The van der Waals surface area contributed by atoms with Crippen LogP contribution >= 0.6 is 12.4 Å². The molecule has 2 aromatic carbocycles. The van der Waals surface area contributed by atoms with Crippen LogP contribution in [0.1, 0.15) is 49.9 Å². The van der Waals surface area contributed by atoms with Crippen molar-refractivity contribution >= 4 is 24.1 Å². The Labute approximate surface area is 249 Å². The maximum atomic E-state index is 14.2. The molecule has 0 aliphatic carbocycles. The molecule has 4 rings (SSSR count). The van der Waals surface area contributed by atoms with Gasteiger partial charge in [-0.05, 0) is 39.8 Å². The summed E-state index contributed by atoms with van der Waals surface area (Å²) in [7, 11) is 0. The molecule has 14 heteroatoms. The summed E-state index contributed by atoms with van der Waals surface area (Å²) in [6, 6.07) is 3.39. The molecule has 0 spiro atoms. The zero-order valence-electron chi connectivity index (χ0n) is 22.2. The smallest absolute Gasteiger partial charge is 0.870 e. The van der Waals surface area contributed by atoms with E-state index in [-0.39, 0.29) is 77.5 Å². The van der Waals surface area contributed by atoms with Crippen molar-refractivity contribution in [2.24, 2.45) is 21.5 Å². The second-order valence-corrected chi connectivity index (χ2v) is 7.22. The Morgan fingerprint density at radius 1 is 0.711 bits per heavy atom. The van der Waals surface area contributed by atoms with E-state index in [1.807, 2.05) is 13.8 Å². The number of benzene rings is 2. The minimum absolute atomic E-state index is 0.